The highest BCUT2D eigenvalue weighted by Crippen LogP contribution is 2.65. The van der Waals surface area contributed by atoms with Crippen LogP contribution in [0.1, 0.15) is 119 Å². The van der Waals surface area contributed by atoms with Gasteiger partial charge in [-0.05, 0) is 195 Å². The van der Waals surface area contributed by atoms with Gasteiger partial charge in [0.05, 0.1) is 4.90 Å². The highest BCUT2D eigenvalue weighted by Gasteiger charge is 2.56. The quantitative estimate of drug-likeness (QED) is 0.157. The van der Waals surface area contributed by atoms with Crippen molar-refractivity contribution in [3.63, 3.8) is 0 Å². The second kappa shape index (κ2) is 10.8. The zero-order valence-electron chi connectivity index (χ0n) is 28.3. The van der Waals surface area contributed by atoms with Gasteiger partial charge in [0, 0.05) is 5.56 Å². The normalized spacial score (nSPS) is 36.2. The Morgan fingerprint density at radius 2 is 1.10 bits per heavy atom. The van der Waals surface area contributed by atoms with Crippen molar-refractivity contribution in [2.45, 2.75) is 130 Å². The van der Waals surface area contributed by atoms with E-state index < -0.39 is 20.2 Å². The molecule has 8 saturated carbocycles. The van der Waals surface area contributed by atoms with Crippen molar-refractivity contribution in [3.05, 3.63) is 64.7 Å². The lowest BCUT2D eigenvalue weighted by molar-refractivity contribution is -0.00703. The van der Waals surface area contributed by atoms with E-state index in [9.17, 15) is 13.0 Å². The highest BCUT2D eigenvalue weighted by atomic mass is 32.2. The van der Waals surface area contributed by atoms with Crippen molar-refractivity contribution >= 4 is 31.0 Å². The first kappa shape index (κ1) is 31.3. The molecule has 9 aliphatic carbocycles. The lowest BCUT2D eigenvalue weighted by Crippen LogP contribution is -2.50. The van der Waals surface area contributed by atoms with E-state index in [0.717, 1.165) is 86.5 Å². The van der Waals surface area contributed by atoms with Gasteiger partial charge in [-0.25, -0.2) is 0 Å². The molecule has 12 rings (SSSR count). The first-order chi connectivity index (χ1) is 23.5. The standard InChI is InChI=1S/C41H48O6S2/c42-48(43,44)37-11-10-36(32-7-2-1-3-8-33(32)37)47-49(45,46)38-18-35(40-19-25-12-26(20-40)14-27(13-25)21-40)31-6-4-5-9-34(31)39(38)41-22-28-15-29(23-41)17-30(16-28)24-41/h4-6,9-11,18,25-30H,1-3,7-8,12-17,19-24H2,(H,42,43,44). The van der Waals surface area contributed by atoms with Crippen LogP contribution in [0, 0.1) is 35.5 Å². The molecule has 0 atom stereocenters. The molecular weight excluding hydrogens is 653 g/mol. The largest absolute Gasteiger partial charge is 0.379 e. The summed E-state index contributed by atoms with van der Waals surface area (Å²) in [5.41, 5.74) is 3.13. The average molecular weight is 701 g/mol. The Balaban J connectivity index is 1.19. The highest BCUT2D eigenvalue weighted by molar-refractivity contribution is 7.87. The van der Waals surface area contributed by atoms with Gasteiger partial charge in [-0.1, -0.05) is 30.7 Å². The molecular formula is C41H48O6S2. The van der Waals surface area contributed by atoms with Gasteiger partial charge in [0.1, 0.15) is 10.6 Å². The zero-order chi connectivity index (χ0) is 33.3. The Bertz CT molecular complexity index is 2030. The van der Waals surface area contributed by atoms with Crippen LogP contribution in [-0.4, -0.2) is 21.4 Å². The van der Waals surface area contributed by atoms with Crippen LogP contribution in [0.25, 0.3) is 10.8 Å². The molecule has 6 nitrogen and oxygen atoms in total. The van der Waals surface area contributed by atoms with E-state index in [0.29, 0.717) is 46.6 Å². The number of hydrogen-bond acceptors (Lipinski definition) is 5. The van der Waals surface area contributed by atoms with E-state index in [4.69, 9.17) is 4.18 Å². The molecule has 0 aliphatic heterocycles. The predicted octanol–water partition coefficient (Wildman–Crippen LogP) is 9.06. The van der Waals surface area contributed by atoms with Crippen LogP contribution >= 0.6 is 0 Å². The van der Waals surface area contributed by atoms with E-state index in [1.54, 1.807) is 0 Å². The van der Waals surface area contributed by atoms with Gasteiger partial charge in [-0.15, -0.1) is 0 Å². The molecule has 260 valence electrons. The monoisotopic (exact) mass is 700 g/mol. The maximum atomic E-state index is 15.2. The minimum atomic E-state index is -4.46. The third kappa shape index (κ3) is 4.92. The summed E-state index contributed by atoms with van der Waals surface area (Å²) in [5, 5.41) is 2.36. The molecule has 8 bridgehead atoms. The second-order valence-electron chi connectivity index (χ2n) is 17.8. The summed E-state index contributed by atoms with van der Waals surface area (Å²) >= 11 is 0. The molecule has 0 heterocycles. The summed E-state index contributed by atoms with van der Waals surface area (Å²) in [4.78, 5) is 0.235. The average Bonchev–Trinajstić information content (AvgIpc) is 3.29. The minimum absolute atomic E-state index is 0.00710. The lowest BCUT2D eigenvalue weighted by Gasteiger charge is -2.58. The summed E-state index contributed by atoms with van der Waals surface area (Å²) in [7, 11) is -8.79. The first-order valence-corrected chi connectivity index (χ1v) is 22.0. The molecule has 1 N–H and O–H groups in total. The molecule has 49 heavy (non-hydrogen) atoms. The Morgan fingerprint density at radius 1 is 0.592 bits per heavy atom. The molecule has 0 unspecified atom stereocenters. The van der Waals surface area contributed by atoms with Crippen molar-refractivity contribution in [2.75, 3.05) is 0 Å². The van der Waals surface area contributed by atoms with Crippen molar-refractivity contribution in [1.82, 2.24) is 0 Å². The first-order valence-electron chi connectivity index (χ1n) is 19.1. The Hall–Kier alpha value is -2.42. The van der Waals surface area contributed by atoms with E-state index in [-0.39, 0.29) is 21.5 Å². The van der Waals surface area contributed by atoms with Gasteiger partial charge < -0.3 is 4.18 Å². The fourth-order valence-electron chi connectivity index (χ4n) is 13.9. The number of fused-ring (bicyclic) bond motifs is 2. The van der Waals surface area contributed by atoms with Gasteiger partial charge in [0.25, 0.3) is 10.1 Å². The van der Waals surface area contributed by atoms with Crippen LogP contribution in [0.15, 0.2) is 52.3 Å². The lowest BCUT2D eigenvalue weighted by atomic mass is 9.46. The Labute approximate surface area is 291 Å². The van der Waals surface area contributed by atoms with Gasteiger partial charge in [-0.2, -0.15) is 16.8 Å². The van der Waals surface area contributed by atoms with Crippen LogP contribution in [0.3, 0.4) is 0 Å². The molecule has 0 spiro atoms. The van der Waals surface area contributed by atoms with Gasteiger partial charge in [0.2, 0.25) is 0 Å². The Morgan fingerprint density at radius 3 is 1.65 bits per heavy atom. The van der Waals surface area contributed by atoms with E-state index in [1.165, 1.54) is 61.6 Å². The third-order valence-corrected chi connectivity index (χ3v) is 16.8. The fourth-order valence-corrected chi connectivity index (χ4v) is 15.9. The molecule has 3 aromatic rings. The molecule has 9 aliphatic rings. The maximum Gasteiger partial charge on any atom is 0.339 e. The second-order valence-corrected chi connectivity index (χ2v) is 20.7. The fraction of sp³-hybridized carbons (Fsp3) is 0.610. The van der Waals surface area contributed by atoms with E-state index >= 15 is 8.42 Å². The van der Waals surface area contributed by atoms with E-state index in [2.05, 4.69) is 30.3 Å². The smallest absolute Gasteiger partial charge is 0.339 e. The van der Waals surface area contributed by atoms with Gasteiger partial charge in [0.15, 0.2) is 0 Å². The molecule has 0 radical (unpaired) electrons. The summed E-state index contributed by atoms with van der Waals surface area (Å²) in [6.07, 6.45) is 17.8. The summed E-state index contributed by atoms with van der Waals surface area (Å²) in [6.45, 7) is 0. The zero-order valence-corrected chi connectivity index (χ0v) is 30.0. The molecule has 0 aromatic heterocycles. The Kier molecular flexibility index (Phi) is 6.91. The summed E-state index contributed by atoms with van der Waals surface area (Å²) in [5.74, 6) is 4.32. The van der Waals surface area contributed by atoms with E-state index in [1.807, 2.05) is 0 Å². The SMILES string of the molecule is O=S(=O)(O)c1ccc(OS(=O)(=O)c2cc(C34CC5CC(CC(C5)C3)C4)c3ccccc3c2C23CC4CC(CC(C4)C2)C3)c2c1CCCCC2. The van der Waals surface area contributed by atoms with Crippen molar-refractivity contribution in [2.24, 2.45) is 35.5 Å². The number of rotatable bonds is 6. The molecule has 8 fully saturated rings. The van der Waals surface area contributed by atoms with Crippen LogP contribution in [0.5, 0.6) is 5.75 Å². The van der Waals surface area contributed by atoms with Gasteiger partial charge >= 0.3 is 10.1 Å². The molecule has 0 saturated heterocycles. The van der Waals surface area contributed by atoms with Crippen molar-refractivity contribution in [3.8, 4) is 5.75 Å². The number of hydrogen-bond donors (Lipinski definition) is 1. The van der Waals surface area contributed by atoms with Crippen LogP contribution < -0.4 is 4.18 Å². The topological polar surface area (TPSA) is 97.7 Å². The summed E-state index contributed by atoms with van der Waals surface area (Å²) < 4.78 is 71.6. The summed E-state index contributed by atoms with van der Waals surface area (Å²) in [6, 6.07) is 13.6. The van der Waals surface area contributed by atoms with Crippen molar-refractivity contribution in [1.29, 1.82) is 0 Å². The van der Waals surface area contributed by atoms with Crippen LogP contribution in [0.2, 0.25) is 0 Å². The third-order valence-electron chi connectivity index (χ3n) is 14.6. The number of benzene rings is 3. The van der Waals surface area contributed by atoms with Crippen LogP contribution in [-0.2, 0) is 43.9 Å². The van der Waals surface area contributed by atoms with Crippen LogP contribution in [0.4, 0.5) is 0 Å². The van der Waals surface area contributed by atoms with Crippen molar-refractivity contribution < 1.29 is 25.6 Å². The maximum absolute atomic E-state index is 15.2. The molecule has 8 heteroatoms. The molecule has 0 amide bonds. The minimum Gasteiger partial charge on any atom is -0.379 e. The van der Waals surface area contributed by atoms with Gasteiger partial charge in [-0.3, -0.25) is 4.55 Å². The predicted molar refractivity (Wildman–Crippen MR) is 189 cm³/mol. The molecule has 3 aromatic carbocycles.